The highest BCUT2D eigenvalue weighted by Crippen LogP contribution is 2.26. The lowest BCUT2D eigenvalue weighted by molar-refractivity contribution is 0.0845. The molecular weight excluding hydrogens is 494 g/mol. The number of methoxy groups -OCH3 is 1. The lowest BCUT2D eigenvalue weighted by Crippen LogP contribution is -2.31. The number of unbranched alkanes of at least 4 members (excludes halogenated alkanes) is 1. The summed E-state index contributed by atoms with van der Waals surface area (Å²) in [4.78, 5) is 38.9. The monoisotopic (exact) mass is 531 g/mol. The maximum absolute atomic E-state index is 13.3. The molecule has 0 bridgehead atoms. The zero-order chi connectivity index (χ0) is 28.2. The molecule has 0 heterocycles. The third kappa shape index (κ3) is 8.60. The van der Waals surface area contributed by atoms with Crippen molar-refractivity contribution in [2.45, 2.75) is 46.5 Å². The highest BCUT2D eigenvalue weighted by atomic mass is 16.5. The maximum Gasteiger partial charge on any atom is 0.323 e. The molecule has 8 nitrogen and oxygen atoms in total. The average molecular weight is 532 g/mol. The number of aryl methyl sites for hydroxylation is 1. The zero-order valence-electron chi connectivity index (χ0n) is 23.0. The van der Waals surface area contributed by atoms with Crippen molar-refractivity contribution in [3.8, 4) is 11.5 Å². The van der Waals surface area contributed by atoms with Crippen LogP contribution in [0.4, 0.5) is 16.2 Å². The van der Waals surface area contributed by atoms with Crippen molar-refractivity contribution in [1.29, 1.82) is 0 Å². The largest absolute Gasteiger partial charge is 0.496 e. The molecule has 0 aliphatic rings. The van der Waals surface area contributed by atoms with Crippen molar-refractivity contribution < 1.29 is 23.9 Å². The summed E-state index contributed by atoms with van der Waals surface area (Å²) in [5.74, 6) is -0.225. The molecule has 0 aromatic heterocycles. The lowest BCUT2D eigenvalue weighted by atomic mass is 10.0. The van der Waals surface area contributed by atoms with Gasteiger partial charge in [-0.05, 0) is 67.3 Å². The van der Waals surface area contributed by atoms with Crippen molar-refractivity contribution in [1.82, 2.24) is 5.32 Å². The minimum absolute atomic E-state index is 0.136. The molecule has 3 aromatic carbocycles. The normalized spacial score (nSPS) is 11.3. The van der Waals surface area contributed by atoms with Crippen LogP contribution in [0.2, 0.25) is 0 Å². The Hall–Kier alpha value is -4.33. The molecule has 3 N–H and O–H groups in total. The van der Waals surface area contributed by atoms with Gasteiger partial charge in [0.1, 0.15) is 11.5 Å². The topological polar surface area (TPSA) is 106 Å². The smallest absolute Gasteiger partial charge is 0.323 e. The lowest BCUT2D eigenvalue weighted by Gasteiger charge is -2.18. The number of benzene rings is 3. The van der Waals surface area contributed by atoms with Gasteiger partial charge in [0.15, 0.2) is 0 Å². The predicted octanol–water partition coefficient (Wildman–Crippen LogP) is 6.81. The van der Waals surface area contributed by atoms with Gasteiger partial charge < -0.3 is 20.1 Å². The number of amides is 4. The van der Waals surface area contributed by atoms with E-state index in [4.69, 9.17) is 9.47 Å². The van der Waals surface area contributed by atoms with Gasteiger partial charge in [0.2, 0.25) is 0 Å². The molecule has 3 aromatic rings. The number of rotatable bonds is 12. The van der Waals surface area contributed by atoms with Crippen LogP contribution in [0.1, 0.15) is 65.8 Å². The van der Waals surface area contributed by atoms with Gasteiger partial charge in [0, 0.05) is 11.4 Å². The number of para-hydroxylation sites is 1. The summed E-state index contributed by atoms with van der Waals surface area (Å²) >= 11 is 0. The summed E-state index contributed by atoms with van der Waals surface area (Å²) in [6.45, 7) is 6.64. The van der Waals surface area contributed by atoms with Gasteiger partial charge in [0.05, 0.1) is 24.8 Å². The van der Waals surface area contributed by atoms with Crippen molar-refractivity contribution in [2.24, 2.45) is 5.92 Å². The number of urea groups is 1. The summed E-state index contributed by atoms with van der Waals surface area (Å²) in [7, 11) is 1.46. The van der Waals surface area contributed by atoms with E-state index in [-0.39, 0.29) is 11.1 Å². The molecule has 0 aliphatic carbocycles. The van der Waals surface area contributed by atoms with E-state index in [2.05, 4.69) is 29.8 Å². The van der Waals surface area contributed by atoms with Gasteiger partial charge in [-0.3, -0.25) is 14.9 Å². The van der Waals surface area contributed by atoms with E-state index in [9.17, 15) is 14.4 Å². The number of anilines is 2. The molecule has 0 radical (unpaired) electrons. The Labute approximate surface area is 230 Å². The third-order valence-electron chi connectivity index (χ3n) is 6.35. The fourth-order valence-corrected chi connectivity index (χ4v) is 4.10. The first-order valence-electron chi connectivity index (χ1n) is 13.2. The van der Waals surface area contributed by atoms with Crippen LogP contribution in [0.3, 0.4) is 0 Å². The number of carbonyl (C=O) groups is 3. The van der Waals surface area contributed by atoms with Crippen LogP contribution in [0, 0.1) is 12.8 Å². The SMILES string of the molecule is CCCCC(CC)COc1ccc(NC(=O)Nc2cccc(C)c2)cc1C(=O)NC(=O)c1ccccc1OC. The van der Waals surface area contributed by atoms with Gasteiger partial charge in [-0.2, -0.15) is 0 Å². The molecule has 0 aliphatic heterocycles. The van der Waals surface area contributed by atoms with Crippen molar-refractivity contribution in [3.63, 3.8) is 0 Å². The standard InChI is InChI=1S/C31H37N3O5/c1-5-7-12-22(6-2)20-39-28-17-16-24(33-31(37)32-23-13-10-11-21(3)18-23)19-26(28)30(36)34-29(35)25-14-8-9-15-27(25)38-4/h8-11,13-19,22H,5-7,12,20H2,1-4H3,(H2,32,33,37)(H,34,35,36). The van der Waals surface area contributed by atoms with Crippen LogP contribution >= 0.6 is 0 Å². The Morgan fingerprint density at radius 1 is 0.821 bits per heavy atom. The first-order chi connectivity index (χ1) is 18.8. The van der Waals surface area contributed by atoms with E-state index in [1.54, 1.807) is 42.5 Å². The van der Waals surface area contributed by atoms with Crippen LogP contribution in [0.5, 0.6) is 11.5 Å². The Kier molecular flexibility index (Phi) is 10.9. The van der Waals surface area contributed by atoms with E-state index < -0.39 is 17.8 Å². The maximum atomic E-state index is 13.3. The Balaban J connectivity index is 1.82. The predicted molar refractivity (Wildman–Crippen MR) is 154 cm³/mol. The summed E-state index contributed by atoms with van der Waals surface area (Å²) in [6.07, 6.45) is 4.17. The molecule has 8 heteroatoms. The molecule has 0 saturated carbocycles. The number of hydrogen-bond acceptors (Lipinski definition) is 5. The number of ether oxygens (including phenoxy) is 2. The van der Waals surface area contributed by atoms with E-state index in [1.165, 1.54) is 13.2 Å². The highest BCUT2D eigenvalue weighted by Gasteiger charge is 2.21. The van der Waals surface area contributed by atoms with Gasteiger partial charge in [-0.1, -0.05) is 57.4 Å². The molecule has 3 rings (SSSR count). The molecule has 0 fully saturated rings. The van der Waals surface area contributed by atoms with E-state index in [0.717, 1.165) is 31.2 Å². The van der Waals surface area contributed by atoms with Crippen molar-refractivity contribution in [3.05, 3.63) is 83.4 Å². The van der Waals surface area contributed by atoms with E-state index >= 15 is 0 Å². The van der Waals surface area contributed by atoms with Gasteiger partial charge in [0.25, 0.3) is 11.8 Å². The molecule has 39 heavy (non-hydrogen) atoms. The molecule has 206 valence electrons. The summed E-state index contributed by atoms with van der Waals surface area (Å²) in [5.41, 5.74) is 2.40. The summed E-state index contributed by atoms with van der Waals surface area (Å²) in [5, 5.41) is 7.95. The second-order valence-electron chi connectivity index (χ2n) is 9.37. The summed E-state index contributed by atoms with van der Waals surface area (Å²) < 4.78 is 11.3. The first-order valence-corrected chi connectivity index (χ1v) is 13.2. The second-order valence-corrected chi connectivity index (χ2v) is 9.37. The van der Waals surface area contributed by atoms with Gasteiger partial charge >= 0.3 is 6.03 Å². The molecule has 4 amide bonds. The summed E-state index contributed by atoms with van der Waals surface area (Å²) in [6, 6.07) is 18.4. The van der Waals surface area contributed by atoms with Crippen LogP contribution in [-0.2, 0) is 0 Å². The number of nitrogens with one attached hydrogen (secondary N) is 3. The Morgan fingerprint density at radius 2 is 1.54 bits per heavy atom. The minimum Gasteiger partial charge on any atom is -0.496 e. The van der Waals surface area contributed by atoms with Crippen LogP contribution in [0.15, 0.2) is 66.7 Å². The van der Waals surface area contributed by atoms with E-state index in [0.29, 0.717) is 35.4 Å². The average Bonchev–Trinajstić information content (AvgIpc) is 2.93. The van der Waals surface area contributed by atoms with Crippen molar-refractivity contribution in [2.75, 3.05) is 24.4 Å². The molecule has 0 spiro atoms. The zero-order valence-corrected chi connectivity index (χ0v) is 23.0. The van der Waals surface area contributed by atoms with Crippen molar-refractivity contribution >= 4 is 29.2 Å². The number of hydrogen-bond donors (Lipinski definition) is 3. The quantitative estimate of drug-likeness (QED) is 0.223. The number of imide groups is 1. The first kappa shape index (κ1) is 29.2. The van der Waals surface area contributed by atoms with Gasteiger partial charge in [-0.15, -0.1) is 0 Å². The molecular formula is C31H37N3O5. The molecule has 0 saturated heterocycles. The Bertz CT molecular complexity index is 1290. The van der Waals surface area contributed by atoms with Crippen LogP contribution in [-0.4, -0.2) is 31.6 Å². The minimum atomic E-state index is -0.648. The van der Waals surface area contributed by atoms with Crippen LogP contribution < -0.4 is 25.4 Å². The third-order valence-corrected chi connectivity index (χ3v) is 6.35. The Morgan fingerprint density at radius 3 is 2.23 bits per heavy atom. The van der Waals surface area contributed by atoms with Gasteiger partial charge in [-0.25, -0.2) is 4.79 Å². The molecule has 1 unspecified atom stereocenters. The fourth-order valence-electron chi connectivity index (χ4n) is 4.10. The fraction of sp³-hybridized carbons (Fsp3) is 0.323. The second kappa shape index (κ2) is 14.6. The highest BCUT2D eigenvalue weighted by molar-refractivity contribution is 6.13. The van der Waals surface area contributed by atoms with Crippen LogP contribution in [0.25, 0.3) is 0 Å². The van der Waals surface area contributed by atoms with E-state index in [1.807, 2.05) is 25.1 Å². The number of carbonyl (C=O) groups excluding carboxylic acids is 3. The molecule has 1 atom stereocenters.